The Morgan fingerprint density at radius 2 is 1.94 bits per heavy atom. The zero-order valence-electron chi connectivity index (χ0n) is 18.0. The van der Waals surface area contributed by atoms with Crippen LogP contribution in [0.25, 0.3) is 10.8 Å². The maximum atomic E-state index is 13.1. The van der Waals surface area contributed by atoms with Crippen LogP contribution in [-0.2, 0) is 21.4 Å². The summed E-state index contributed by atoms with van der Waals surface area (Å²) in [7, 11) is -1.97. The predicted octanol–water partition coefficient (Wildman–Crippen LogP) is 3.50. The Bertz CT molecular complexity index is 1200. The second-order valence-electron chi connectivity index (χ2n) is 8.23. The third-order valence-corrected chi connectivity index (χ3v) is 8.02. The van der Waals surface area contributed by atoms with Crippen molar-refractivity contribution in [2.24, 2.45) is 5.92 Å². The number of sulfonamides is 1. The molecule has 1 amide bonds. The Kier molecular flexibility index (Phi) is 5.85. The first-order chi connectivity index (χ1) is 14.8. The fraction of sp³-hybridized carbons (Fsp3) is 0.391. The highest BCUT2D eigenvalue weighted by Crippen LogP contribution is 2.28. The third-order valence-electron chi connectivity index (χ3n) is 5.91. The van der Waals surface area contributed by atoms with E-state index in [0.717, 1.165) is 16.3 Å². The summed E-state index contributed by atoms with van der Waals surface area (Å²) in [4.78, 5) is 14.9. The molecule has 0 aliphatic carbocycles. The average Bonchev–Trinajstić information content (AvgIpc) is 3.11. The van der Waals surface area contributed by atoms with Gasteiger partial charge in [-0.2, -0.15) is 4.31 Å². The summed E-state index contributed by atoms with van der Waals surface area (Å²) >= 11 is 0. The molecule has 1 aliphatic rings. The quantitative estimate of drug-likeness (QED) is 0.605. The average molecular weight is 442 g/mol. The smallest absolute Gasteiger partial charge is 0.248 e. The minimum absolute atomic E-state index is 0.0354. The van der Waals surface area contributed by atoms with Gasteiger partial charge in [-0.3, -0.25) is 4.79 Å². The van der Waals surface area contributed by atoms with Crippen LogP contribution >= 0.6 is 0 Å². The zero-order chi connectivity index (χ0) is 22.2. The lowest BCUT2D eigenvalue weighted by Gasteiger charge is -2.33. The SMILES string of the molecule is Cc1noc(C)c1S(=O)(=O)N1CCCC(C(=O)N(C)Cc2ccc3ccccc3c2)C1. The molecule has 2 heterocycles. The summed E-state index contributed by atoms with van der Waals surface area (Å²) in [6.45, 7) is 4.26. The fourth-order valence-electron chi connectivity index (χ4n) is 4.33. The molecule has 4 rings (SSSR count). The van der Waals surface area contributed by atoms with Gasteiger partial charge in [0, 0.05) is 26.7 Å². The molecule has 3 aromatic rings. The lowest BCUT2D eigenvalue weighted by Crippen LogP contribution is -2.45. The van der Waals surface area contributed by atoms with E-state index in [2.05, 4.69) is 29.4 Å². The molecule has 8 heteroatoms. The van der Waals surface area contributed by atoms with E-state index in [1.165, 1.54) is 4.31 Å². The first kappa shape index (κ1) is 21.5. The molecule has 1 aromatic heterocycles. The fourth-order valence-corrected chi connectivity index (χ4v) is 6.15. The number of rotatable bonds is 5. The van der Waals surface area contributed by atoms with Crippen molar-refractivity contribution in [2.75, 3.05) is 20.1 Å². The van der Waals surface area contributed by atoms with E-state index in [1.807, 2.05) is 18.2 Å². The standard InChI is InChI=1S/C23H27N3O4S/c1-16-22(17(2)30-24-16)31(28,29)26-12-6-9-21(15-26)23(27)25(3)14-18-10-11-19-7-4-5-8-20(19)13-18/h4-5,7-8,10-11,13,21H,6,9,12,14-15H2,1-3H3. The van der Waals surface area contributed by atoms with Crippen LogP contribution in [0.5, 0.6) is 0 Å². The number of hydrogen-bond donors (Lipinski definition) is 0. The highest BCUT2D eigenvalue weighted by Gasteiger charge is 2.37. The Balaban J connectivity index is 1.47. The Morgan fingerprint density at radius 3 is 2.65 bits per heavy atom. The summed E-state index contributed by atoms with van der Waals surface area (Å²) in [6, 6.07) is 14.3. The van der Waals surface area contributed by atoms with Crippen molar-refractivity contribution < 1.29 is 17.7 Å². The van der Waals surface area contributed by atoms with Crippen molar-refractivity contribution in [3.63, 3.8) is 0 Å². The van der Waals surface area contributed by atoms with Crippen LogP contribution in [0.2, 0.25) is 0 Å². The molecule has 7 nitrogen and oxygen atoms in total. The van der Waals surface area contributed by atoms with Gasteiger partial charge in [0.05, 0.1) is 5.92 Å². The number of nitrogens with zero attached hydrogens (tertiary/aromatic N) is 3. The first-order valence-electron chi connectivity index (χ1n) is 10.4. The maximum absolute atomic E-state index is 13.1. The van der Waals surface area contributed by atoms with Gasteiger partial charge in [0.2, 0.25) is 15.9 Å². The van der Waals surface area contributed by atoms with Gasteiger partial charge >= 0.3 is 0 Å². The number of amides is 1. The van der Waals surface area contributed by atoms with Gasteiger partial charge in [0.15, 0.2) is 5.76 Å². The molecule has 1 fully saturated rings. The minimum atomic E-state index is -3.75. The molecule has 1 aliphatic heterocycles. The van der Waals surface area contributed by atoms with Crippen LogP contribution < -0.4 is 0 Å². The van der Waals surface area contributed by atoms with Crippen LogP contribution in [0.3, 0.4) is 0 Å². The summed E-state index contributed by atoms with van der Waals surface area (Å²) in [5, 5.41) is 6.07. The molecule has 0 bridgehead atoms. The van der Waals surface area contributed by atoms with Crippen LogP contribution in [0.15, 0.2) is 51.9 Å². The van der Waals surface area contributed by atoms with E-state index >= 15 is 0 Å². The summed E-state index contributed by atoms with van der Waals surface area (Å²) in [5.41, 5.74) is 1.39. The third kappa shape index (κ3) is 4.22. The molecule has 1 atom stereocenters. The van der Waals surface area contributed by atoms with Gasteiger partial charge in [0.1, 0.15) is 10.6 Å². The lowest BCUT2D eigenvalue weighted by atomic mass is 9.98. The monoisotopic (exact) mass is 441 g/mol. The van der Waals surface area contributed by atoms with Crippen molar-refractivity contribution >= 4 is 26.7 Å². The van der Waals surface area contributed by atoms with E-state index in [9.17, 15) is 13.2 Å². The number of piperidine rings is 1. The molecule has 0 radical (unpaired) electrons. The first-order valence-corrected chi connectivity index (χ1v) is 11.9. The summed E-state index contributed by atoms with van der Waals surface area (Å²) < 4.78 is 32.7. The minimum Gasteiger partial charge on any atom is -0.360 e. The van der Waals surface area contributed by atoms with Crippen molar-refractivity contribution in [3.05, 3.63) is 59.5 Å². The van der Waals surface area contributed by atoms with E-state index in [1.54, 1.807) is 25.8 Å². The number of fused-ring (bicyclic) bond motifs is 1. The normalized spacial score (nSPS) is 17.7. The van der Waals surface area contributed by atoms with Crippen LogP contribution in [-0.4, -0.2) is 48.8 Å². The van der Waals surface area contributed by atoms with Gasteiger partial charge in [0.25, 0.3) is 0 Å². The summed E-state index contributed by atoms with van der Waals surface area (Å²) in [6.07, 6.45) is 1.32. The van der Waals surface area contributed by atoms with Crippen molar-refractivity contribution in [2.45, 2.75) is 38.1 Å². The van der Waals surface area contributed by atoms with E-state index < -0.39 is 10.0 Å². The maximum Gasteiger partial charge on any atom is 0.248 e. The van der Waals surface area contributed by atoms with Crippen molar-refractivity contribution in [1.29, 1.82) is 0 Å². The van der Waals surface area contributed by atoms with Gasteiger partial charge in [-0.1, -0.05) is 41.6 Å². The molecule has 0 N–H and O–H groups in total. The molecule has 164 valence electrons. The van der Waals surface area contributed by atoms with Crippen LogP contribution in [0.4, 0.5) is 0 Å². The van der Waals surface area contributed by atoms with Crippen molar-refractivity contribution in [1.82, 2.24) is 14.4 Å². The molecular weight excluding hydrogens is 414 g/mol. The van der Waals surface area contributed by atoms with Gasteiger partial charge < -0.3 is 9.42 Å². The lowest BCUT2D eigenvalue weighted by molar-refractivity contribution is -0.135. The zero-order valence-corrected chi connectivity index (χ0v) is 18.9. The van der Waals surface area contributed by atoms with Crippen LogP contribution in [0, 0.1) is 19.8 Å². The number of benzene rings is 2. The topological polar surface area (TPSA) is 83.7 Å². The number of hydrogen-bond acceptors (Lipinski definition) is 5. The van der Waals surface area contributed by atoms with Gasteiger partial charge in [-0.15, -0.1) is 0 Å². The Labute approximate surface area is 182 Å². The Hall–Kier alpha value is -2.71. The van der Waals surface area contributed by atoms with E-state index in [4.69, 9.17) is 4.52 Å². The number of aryl methyl sites for hydroxylation is 2. The second kappa shape index (κ2) is 8.43. The molecule has 31 heavy (non-hydrogen) atoms. The second-order valence-corrected chi connectivity index (χ2v) is 10.1. The van der Waals surface area contributed by atoms with Crippen LogP contribution in [0.1, 0.15) is 29.9 Å². The van der Waals surface area contributed by atoms with Crippen molar-refractivity contribution in [3.8, 4) is 0 Å². The van der Waals surface area contributed by atoms with Gasteiger partial charge in [-0.25, -0.2) is 8.42 Å². The predicted molar refractivity (Wildman–Crippen MR) is 118 cm³/mol. The molecule has 2 aromatic carbocycles. The highest BCUT2D eigenvalue weighted by atomic mass is 32.2. The number of carbonyl (C=O) groups excluding carboxylic acids is 1. The molecule has 1 saturated heterocycles. The highest BCUT2D eigenvalue weighted by molar-refractivity contribution is 7.89. The molecular formula is C23H27N3O4S. The largest absolute Gasteiger partial charge is 0.360 e. The molecule has 0 spiro atoms. The summed E-state index contributed by atoms with van der Waals surface area (Å²) in [5.74, 6) is -0.124. The number of aromatic nitrogens is 1. The molecule has 1 unspecified atom stereocenters. The number of carbonyl (C=O) groups is 1. The van der Waals surface area contributed by atoms with E-state index in [-0.39, 0.29) is 29.0 Å². The molecule has 0 saturated carbocycles. The van der Waals surface area contributed by atoms with E-state index in [0.29, 0.717) is 31.6 Å². The van der Waals surface area contributed by atoms with Gasteiger partial charge in [-0.05, 0) is 49.1 Å². The Morgan fingerprint density at radius 1 is 1.19 bits per heavy atom.